The van der Waals surface area contributed by atoms with Crippen LogP contribution in [0.5, 0.6) is 0 Å². The van der Waals surface area contributed by atoms with E-state index in [1.54, 1.807) is 12.3 Å². The SMILES string of the molecule is O=C(Cn1cccc(NC(=O)OCC2c3ccccc3-c3ccccc32)c1=O)N[C@@H]1CCCc2ccccc21. The van der Waals surface area contributed by atoms with Gasteiger partial charge in [-0.15, -0.1) is 0 Å². The molecule has 0 saturated heterocycles. The molecule has 1 aromatic heterocycles. The second-order valence-corrected chi connectivity index (χ2v) is 10.0. The molecule has 2 N–H and O–H groups in total. The van der Waals surface area contributed by atoms with Gasteiger partial charge in [-0.05, 0) is 64.8 Å². The summed E-state index contributed by atoms with van der Waals surface area (Å²) < 4.78 is 6.87. The second-order valence-electron chi connectivity index (χ2n) is 10.0. The number of nitrogens with one attached hydrogen (secondary N) is 2. The van der Waals surface area contributed by atoms with E-state index >= 15 is 0 Å². The van der Waals surface area contributed by atoms with Crippen molar-refractivity contribution < 1.29 is 14.3 Å². The Morgan fingerprint density at radius 3 is 2.26 bits per heavy atom. The Hall–Kier alpha value is -4.65. The highest BCUT2D eigenvalue weighted by molar-refractivity contribution is 5.85. The van der Waals surface area contributed by atoms with Crippen molar-refractivity contribution >= 4 is 17.7 Å². The number of hydrogen-bond donors (Lipinski definition) is 2. The highest BCUT2D eigenvalue weighted by Gasteiger charge is 2.29. The van der Waals surface area contributed by atoms with E-state index in [9.17, 15) is 14.4 Å². The van der Waals surface area contributed by atoms with Crippen LogP contribution in [-0.2, 0) is 22.5 Å². The Morgan fingerprint density at radius 2 is 1.51 bits per heavy atom. The fourth-order valence-corrected chi connectivity index (χ4v) is 5.80. The molecule has 0 spiro atoms. The number of nitrogens with zero attached hydrogens (tertiary/aromatic N) is 1. The zero-order valence-electron chi connectivity index (χ0n) is 21.4. The molecule has 7 nitrogen and oxygen atoms in total. The molecule has 0 aliphatic heterocycles. The molecular formula is C32H29N3O4. The maximum atomic E-state index is 13.0. The number of amides is 2. The van der Waals surface area contributed by atoms with Gasteiger partial charge in [-0.2, -0.15) is 0 Å². The first-order chi connectivity index (χ1) is 19.1. The Bertz CT molecular complexity index is 1560. The molecule has 1 atom stereocenters. The van der Waals surface area contributed by atoms with Crippen LogP contribution in [0.25, 0.3) is 11.1 Å². The summed E-state index contributed by atoms with van der Waals surface area (Å²) >= 11 is 0. The summed E-state index contributed by atoms with van der Waals surface area (Å²) in [6.07, 6.45) is 3.70. The number of anilines is 1. The molecule has 1 heterocycles. The van der Waals surface area contributed by atoms with Crippen molar-refractivity contribution in [2.45, 2.75) is 37.8 Å². The Labute approximate surface area is 226 Å². The maximum absolute atomic E-state index is 13.0. The maximum Gasteiger partial charge on any atom is 0.411 e. The first-order valence-corrected chi connectivity index (χ1v) is 13.3. The van der Waals surface area contributed by atoms with Crippen LogP contribution in [0.1, 0.15) is 47.1 Å². The molecule has 39 heavy (non-hydrogen) atoms. The van der Waals surface area contributed by atoms with E-state index in [0.29, 0.717) is 0 Å². The van der Waals surface area contributed by atoms with Gasteiger partial charge in [0.1, 0.15) is 18.8 Å². The molecule has 0 fully saturated rings. The van der Waals surface area contributed by atoms with Crippen molar-refractivity contribution in [1.82, 2.24) is 9.88 Å². The van der Waals surface area contributed by atoms with E-state index in [1.165, 1.54) is 16.2 Å². The van der Waals surface area contributed by atoms with Crippen LogP contribution in [0.4, 0.5) is 10.5 Å². The van der Waals surface area contributed by atoms with E-state index in [4.69, 9.17) is 4.74 Å². The predicted molar refractivity (Wildman–Crippen MR) is 150 cm³/mol. The van der Waals surface area contributed by atoms with E-state index < -0.39 is 11.7 Å². The van der Waals surface area contributed by atoms with E-state index in [0.717, 1.165) is 47.1 Å². The van der Waals surface area contributed by atoms with Gasteiger partial charge in [-0.25, -0.2) is 4.79 Å². The molecule has 0 radical (unpaired) electrons. The minimum atomic E-state index is -0.713. The molecule has 0 bridgehead atoms. The second kappa shape index (κ2) is 10.6. The summed E-state index contributed by atoms with van der Waals surface area (Å²) in [6.45, 7) is 0.00383. The van der Waals surface area contributed by atoms with Crippen LogP contribution >= 0.6 is 0 Å². The number of aromatic nitrogens is 1. The number of aryl methyl sites for hydroxylation is 1. The number of carbonyl (C=O) groups is 2. The number of rotatable bonds is 6. The third-order valence-corrected chi connectivity index (χ3v) is 7.62. The molecule has 3 aromatic carbocycles. The lowest BCUT2D eigenvalue weighted by molar-refractivity contribution is -0.122. The zero-order valence-corrected chi connectivity index (χ0v) is 21.4. The molecule has 7 heteroatoms. The monoisotopic (exact) mass is 519 g/mol. The van der Waals surface area contributed by atoms with Gasteiger partial charge in [0, 0.05) is 12.1 Å². The van der Waals surface area contributed by atoms with Crippen molar-refractivity contribution in [2.24, 2.45) is 0 Å². The Morgan fingerprint density at radius 1 is 0.846 bits per heavy atom. The fourth-order valence-electron chi connectivity index (χ4n) is 5.80. The molecule has 6 rings (SSSR count). The summed E-state index contributed by atoms with van der Waals surface area (Å²) in [6, 6.07) is 27.4. The molecule has 196 valence electrons. The summed E-state index contributed by atoms with van der Waals surface area (Å²) in [7, 11) is 0. The predicted octanol–water partition coefficient (Wildman–Crippen LogP) is 5.40. The first kappa shape index (κ1) is 24.7. The summed E-state index contributed by atoms with van der Waals surface area (Å²) in [4.78, 5) is 38.6. The van der Waals surface area contributed by atoms with Gasteiger partial charge < -0.3 is 14.6 Å². The Kier molecular flexibility index (Phi) is 6.71. The molecule has 0 unspecified atom stereocenters. The van der Waals surface area contributed by atoms with Gasteiger partial charge in [-0.1, -0.05) is 72.8 Å². The fraction of sp³-hybridized carbons (Fsp3) is 0.219. The minimum Gasteiger partial charge on any atom is -0.448 e. The third-order valence-electron chi connectivity index (χ3n) is 7.62. The lowest BCUT2D eigenvalue weighted by atomic mass is 9.88. The highest BCUT2D eigenvalue weighted by Crippen LogP contribution is 2.44. The van der Waals surface area contributed by atoms with E-state index in [-0.39, 0.29) is 36.7 Å². The molecule has 2 aliphatic rings. The summed E-state index contributed by atoms with van der Waals surface area (Å²) in [5.74, 6) is -0.332. The average Bonchev–Trinajstić information content (AvgIpc) is 3.28. The van der Waals surface area contributed by atoms with Gasteiger partial charge in [0.2, 0.25) is 5.91 Å². The molecule has 2 amide bonds. The standard InChI is InChI=1S/C32H29N3O4/c36-30(33-28-16-7-10-21-9-1-2-11-22(21)28)19-35-18-8-17-29(31(35)37)34-32(38)39-20-27-25-14-5-3-12-23(25)24-13-4-6-15-26(24)27/h1-6,8-9,11-15,17-18,27-28H,7,10,16,19-20H2,(H,33,36)(H,34,38)/t28-/m1/s1. The number of ether oxygens (including phenoxy) is 1. The van der Waals surface area contributed by atoms with Crippen LogP contribution in [0.2, 0.25) is 0 Å². The number of fused-ring (bicyclic) bond motifs is 4. The number of benzene rings is 3. The summed E-state index contributed by atoms with van der Waals surface area (Å²) in [5.41, 5.74) is 6.48. The highest BCUT2D eigenvalue weighted by atomic mass is 16.5. The third kappa shape index (κ3) is 4.95. The van der Waals surface area contributed by atoms with Crippen LogP contribution in [0.3, 0.4) is 0 Å². The number of pyridine rings is 1. The summed E-state index contributed by atoms with van der Waals surface area (Å²) in [5, 5.41) is 5.63. The first-order valence-electron chi connectivity index (χ1n) is 13.3. The van der Waals surface area contributed by atoms with Gasteiger partial charge in [0.25, 0.3) is 5.56 Å². The average molecular weight is 520 g/mol. The zero-order chi connectivity index (χ0) is 26.8. The van der Waals surface area contributed by atoms with Crippen molar-refractivity contribution in [1.29, 1.82) is 0 Å². The molecule has 2 aliphatic carbocycles. The van der Waals surface area contributed by atoms with Crippen LogP contribution in [-0.4, -0.2) is 23.2 Å². The van der Waals surface area contributed by atoms with Crippen LogP contribution < -0.4 is 16.2 Å². The van der Waals surface area contributed by atoms with Crippen LogP contribution in [0.15, 0.2) is 95.9 Å². The van der Waals surface area contributed by atoms with Gasteiger partial charge >= 0.3 is 6.09 Å². The van der Waals surface area contributed by atoms with Gasteiger partial charge in [-0.3, -0.25) is 14.9 Å². The van der Waals surface area contributed by atoms with Crippen molar-refractivity contribution in [3.05, 3.63) is 124 Å². The van der Waals surface area contributed by atoms with Crippen LogP contribution in [0, 0.1) is 0 Å². The lowest BCUT2D eigenvalue weighted by Crippen LogP contribution is -2.36. The molecular weight excluding hydrogens is 490 g/mol. The van der Waals surface area contributed by atoms with Crippen molar-refractivity contribution in [3.8, 4) is 11.1 Å². The molecule has 4 aromatic rings. The normalized spacial score (nSPS) is 15.5. The van der Waals surface area contributed by atoms with E-state index in [2.05, 4.69) is 28.8 Å². The van der Waals surface area contributed by atoms with Crippen molar-refractivity contribution in [3.63, 3.8) is 0 Å². The van der Waals surface area contributed by atoms with Gasteiger partial charge in [0.05, 0.1) is 6.04 Å². The largest absolute Gasteiger partial charge is 0.448 e. The quantitative estimate of drug-likeness (QED) is 0.357. The smallest absolute Gasteiger partial charge is 0.411 e. The molecule has 0 saturated carbocycles. The minimum absolute atomic E-state index is 0.0607. The van der Waals surface area contributed by atoms with Gasteiger partial charge in [0.15, 0.2) is 0 Å². The van der Waals surface area contributed by atoms with E-state index in [1.807, 2.05) is 54.6 Å². The lowest BCUT2D eigenvalue weighted by Gasteiger charge is -2.26. The number of carbonyl (C=O) groups excluding carboxylic acids is 2. The Balaban J connectivity index is 1.10. The van der Waals surface area contributed by atoms with Crippen molar-refractivity contribution in [2.75, 3.05) is 11.9 Å². The number of hydrogen-bond acceptors (Lipinski definition) is 4. The topological polar surface area (TPSA) is 89.4 Å².